The fourth-order valence-electron chi connectivity index (χ4n) is 4.37. The highest BCUT2D eigenvalue weighted by Crippen LogP contribution is 2.44. The largest absolute Gasteiger partial charge is 0.617 e. The molecular weight excluding hydrogens is 505 g/mol. The van der Waals surface area contributed by atoms with Gasteiger partial charge >= 0.3 is 0 Å². The van der Waals surface area contributed by atoms with Crippen molar-refractivity contribution in [1.82, 2.24) is 20.1 Å². The number of H-pyrrole nitrogens is 1. The average Bonchev–Trinajstić information content (AvgIpc) is 3.23. The van der Waals surface area contributed by atoms with Crippen LogP contribution in [-0.2, 0) is 16.8 Å². The molecular formula is C24H31F2N6O2PS. The molecule has 1 aromatic heterocycles. The lowest BCUT2D eigenvalue weighted by molar-refractivity contribution is 0.104. The Morgan fingerprint density at radius 1 is 1.28 bits per heavy atom. The first-order valence-electron chi connectivity index (χ1n) is 11.6. The number of aromatic amines is 1. The Hall–Kier alpha value is -2.46. The Balaban J connectivity index is 1.47. The van der Waals surface area contributed by atoms with Gasteiger partial charge in [0.1, 0.15) is 17.6 Å². The molecule has 194 valence electrons. The number of piperidine rings is 1. The molecule has 0 amide bonds. The number of alkyl halides is 2. The number of nitrogens with one attached hydrogen (secondary N) is 2. The molecule has 36 heavy (non-hydrogen) atoms. The van der Waals surface area contributed by atoms with Gasteiger partial charge in [-0.25, -0.2) is 5.10 Å². The number of nitrogen functional groups attached to an aromatic ring is 1. The van der Waals surface area contributed by atoms with Gasteiger partial charge in [0.05, 0.1) is 6.26 Å². The molecule has 0 bridgehead atoms. The van der Waals surface area contributed by atoms with E-state index in [4.69, 9.17) is 10.5 Å². The third kappa shape index (κ3) is 6.85. The fourth-order valence-corrected chi connectivity index (χ4v) is 5.11. The molecule has 0 radical (unpaired) electrons. The van der Waals surface area contributed by atoms with Crippen LogP contribution in [0.2, 0.25) is 0 Å². The Morgan fingerprint density at radius 3 is 2.56 bits per heavy atom. The van der Waals surface area contributed by atoms with Gasteiger partial charge in [0, 0.05) is 30.9 Å². The summed E-state index contributed by atoms with van der Waals surface area (Å²) in [5, 5.41) is 9.32. The van der Waals surface area contributed by atoms with Crippen LogP contribution in [0, 0.1) is 6.92 Å². The van der Waals surface area contributed by atoms with E-state index in [-0.39, 0.29) is 23.6 Å². The molecule has 4 N–H and O–H groups in total. The van der Waals surface area contributed by atoms with Gasteiger partial charge in [0.15, 0.2) is 0 Å². The lowest BCUT2D eigenvalue weighted by atomic mass is 9.94. The highest BCUT2D eigenvalue weighted by atomic mass is 32.2. The van der Waals surface area contributed by atoms with E-state index in [0.29, 0.717) is 33.9 Å². The van der Waals surface area contributed by atoms with Crippen molar-refractivity contribution in [2.45, 2.75) is 31.5 Å². The van der Waals surface area contributed by atoms with Crippen molar-refractivity contribution in [3.05, 3.63) is 47.5 Å². The van der Waals surface area contributed by atoms with Crippen LogP contribution in [-0.4, -0.2) is 62.4 Å². The third-order valence-corrected chi connectivity index (χ3v) is 7.20. The number of likely N-dealkylation sites (tertiary alicyclic amines) is 1. The van der Waals surface area contributed by atoms with Crippen LogP contribution in [0.4, 0.5) is 26.4 Å². The molecule has 8 nitrogen and oxygen atoms in total. The summed E-state index contributed by atoms with van der Waals surface area (Å²) in [6.45, 7) is 4.45. The molecule has 2 heterocycles. The molecule has 2 unspecified atom stereocenters. The van der Waals surface area contributed by atoms with Crippen molar-refractivity contribution in [3.63, 3.8) is 0 Å². The smallest absolute Gasteiger partial charge is 0.284 e. The van der Waals surface area contributed by atoms with Crippen LogP contribution >= 0.6 is 9.24 Å². The van der Waals surface area contributed by atoms with E-state index in [2.05, 4.69) is 25.4 Å². The number of aromatic nitrogens is 3. The summed E-state index contributed by atoms with van der Waals surface area (Å²) in [5.74, 6) is 1.73. The van der Waals surface area contributed by atoms with Gasteiger partial charge < -0.3 is 20.3 Å². The molecule has 2 atom stereocenters. The Morgan fingerprint density at radius 2 is 1.97 bits per heavy atom. The zero-order chi connectivity index (χ0) is 25.9. The second-order valence-electron chi connectivity index (χ2n) is 8.97. The average molecular weight is 537 g/mol. The summed E-state index contributed by atoms with van der Waals surface area (Å²) in [7, 11) is 1.62. The second kappa shape index (κ2) is 11.3. The minimum absolute atomic E-state index is 0.0999. The Bertz CT molecular complexity index is 1160. The molecule has 0 spiro atoms. The number of aryl methyl sites for hydroxylation is 1. The van der Waals surface area contributed by atoms with Gasteiger partial charge in [-0.3, -0.25) is 4.90 Å². The molecule has 2 aromatic carbocycles. The van der Waals surface area contributed by atoms with Gasteiger partial charge in [0.25, 0.3) is 5.66 Å². The molecule has 1 aliphatic rings. The van der Waals surface area contributed by atoms with Gasteiger partial charge in [-0.2, -0.15) is 13.8 Å². The fraction of sp³-hybridized carbons (Fsp3) is 0.417. The molecule has 1 fully saturated rings. The van der Waals surface area contributed by atoms with Gasteiger partial charge in [0.2, 0.25) is 11.9 Å². The first-order valence-corrected chi connectivity index (χ1v) is 13.9. The summed E-state index contributed by atoms with van der Waals surface area (Å²) in [6, 6.07) is 10.4. The minimum Gasteiger partial charge on any atom is -0.617 e. The Labute approximate surface area is 214 Å². The third-order valence-electron chi connectivity index (χ3n) is 6.13. The number of halogens is 2. The zero-order valence-electron chi connectivity index (χ0n) is 20.3. The number of anilines is 3. The Kier molecular flexibility index (Phi) is 8.34. The van der Waals surface area contributed by atoms with Crippen molar-refractivity contribution >= 4 is 38.0 Å². The van der Waals surface area contributed by atoms with Crippen LogP contribution in [0.5, 0.6) is 5.75 Å². The number of hydrogen-bond donors (Lipinski definition) is 3. The minimum atomic E-state index is -3.15. The summed E-state index contributed by atoms with van der Waals surface area (Å²) in [5.41, 5.74) is 4.51. The van der Waals surface area contributed by atoms with E-state index in [1.165, 1.54) is 6.07 Å². The maximum atomic E-state index is 14.7. The summed E-state index contributed by atoms with van der Waals surface area (Å²) < 4.78 is 46.8. The summed E-state index contributed by atoms with van der Waals surface area (Å²) >= 11 is -0.781. The van der Waals surface area contributed by atoms with Crippen molar-refractivity contribution in [3.8, 4) is 16.9 Å². The molecule has 1 saturated heterocycles. The summed E-state index contributed by atoms with van der Waals surface area (Å²) in [6.07, 6.45) is 3.62. The van der Waals surface area contributed by atoms with E-state index >= 15 is 0 Å². The van der Waals surface area contributed by atoms with Gasteiger partial charge in [-0.15, -0.1) is 5.10 Å². The molecule has 0 aliphatic carbocycles. The standard InChI is InChI=1S/C24H31F2N6O2PS/c1-15-13-17(28-23-29-22(27)30-31-23)14-20(24(25,26)35)21(15)16-3-5-18(6-4-16)34-19-7-9-32(10-8-19)11-12-36(2)33/h3-6,13-14,19H,7-12,35H2,1-2H3,(H4,27,28,29,30,31). The number of nitrogens with two attached hydrogens (primary N) is 1. The topological polar surface area (TPSA) is 115 Å². The highest BCUT2D eigenvalue weighted by molar-refractivity contribution is 7.90. The van der Waals surface area contributed by atoms with Crippen LogP contribution in [0.15, 0.2) is 36.4 Å². The summed E-state index contributed by atoms with van der Waals surface area (Å²) in [4.78, 5) is 6.28. The highest BCUT2D eigenvalue weighted by Gasteiger charge is 2.30. The van der Waals surface area contributed by atoms with Gasteiger partial charge in [-0.1, -0.05) is 32.5 Å². The number of nitrogens with zero attached hydrogens (tertiary/aromatic N) is 3. The molecule has 3 aromatic rings. The second-order valence-corrected chi connectivity index (χ2v) is 11.2. The van der Waals surface area contributed by atoms with Crippen molar-refractivity contribution in [2.75, 3.05) is 42.7 Å². The monoisotopic (exact) mass is 536 g/mol. The zero-order valence-corrected chi connectivity index (χ0v) is 22.2. The maximum absolute atomic E-state index is 14.7. The van der Waals surface area contributed by atoms with Crippen molar-refractivity contribution in [2.24, 2.45) is 0 Å². The van der Waals surface area contributed by atoms with E-state index in [0.717, 1.165) is 32.5 Å². The maximum Gasteiger partial charge on any atom is 0.284 e. The van der Waals surface area contributed by atoms with E-state index < -0.39 is 16.8 Å². The van der Waals surface area contributed by atoms with E-state index in [1.807, 2.05) is 24.3 Å². The van der Waals surface area contributed by atoms with Crippen LogP contribution < -0.4 is 15.8 Å². The number of benzene rings is 2. The van der Waals surface area contributed by atoms with Crippen molar-refractivity contribution in [1.29, 1.82) is 0 Å². The number of ether oxygens (including phenoxy) is 1. The molecule has 0 saturated carbocycles. The van der Waals surface area contributed by atoms with Crippen molar-refractivity contribution < 1.29 is 18.1 Å². The number of rotatable bonds is 9. The molecule has 4 rings (SSSR count). The predicted molar refractivity (Wildman–Crippen MR) is 143 cm³/mol. The first kappa shape index (κ1) is 26.6. The molecule has 1 aliphatic heterocycles. The molecule has 12 heteroatoms. The lowest BCUT2D eigenvalue weighted by Crippen LogP contribution is -2.40. The predicted octanol–water partition coefficient (Wildman–Crippen LogP) is 4.25. The first-order chi connectivity index (χ1) is 17.1. The van der Waals surface area contributed by atoms with E-state index in [1.54, 1.807) is 28.5 Å². The van der Waals surface area contributed by atoms with Crippen LogP contribution in [0.25, 0.3) is 11.1 Å². The quantitative estimate of drug-likeness (QED) is 0.277. The number of hydrogen-bond acceptors (Lipinski definition) is 7. The SMILES string of the molecule is Cc1cc(Nc2n[nH]c(N)n2)cc(C(F)(F)P)c1-c1ccc(OC2CCN(CC[S+](C)[O-])CC2)cc1. The lowest BCUT2D eigenvalue weighted by Gasteiger charge is -2.31. The van der Waals surface area contributed by atoms with E-state index in [9.17, 15) is 13.3 Å². The normalized spacial score (nSPS) is 16.2. The van der Waals surface area contributed by atoms with Crippen LogP contribution in [0.3, 0.4) is 0 Å². The van der Waals surface area contributed by atoms with Crippen LogP contribution in [0.1, 0.15) is 24.0 Å². The van der Waals surface area contributed by atoms with Gasteiger partial charge in [-0.05, 0) is 60.7 Å².